The minimum Gasteiger partial charge on any atom is -0.497 e. The number of nitrogens with one attached hydrogen (secondary N) is 1. The molecule has 0 aromatic heterocycles. The van der Waals surface area contributed by atoms with Crippen molar-refractivity contribution in [1.82, 2.24) is 0 Å². The van der Waals surface area contributed by atoms with Crippen LogP contribution in [-0.4, -0.2) is 24.1 Å². The van der Waals surface area contributed by atoms with Crippen LogP contribution in [0.5, 0.6) is 5.75 Å². The second-order valence-electron chi connectivity index (χ2n) is 4.93. The Morgan fingerprint density at radius 3 is 2.36 bits per heavy atom. The van der Waals surface area contributed by atoms with E-state index in [9.17, 15) is 9.90 Å². The van der Waals surface area contributed by atoms with Gasteiger partial charge in [-0.05, 0) is 42.8 Å². The molecule has 0 aliphatic rings. The van der Waals surface area contributed by atoms with Gasteiger partial charge in [0.2, 0.25) is 0 Å². The maximum atomic E-state index is 11.6. The average Bonchev–Trinajstić information content (AvgIpc) is 2.53. The normalized spacial score (nSPS) is 13.3. The first-order valence-corrected chi connectivity index (χ1v) is 7.24. The number of Topliss-reactive ketones (excluding diaryl/α,β-unsaturated/α-hetero) is 1. The maximum absolute atomic E-state index is 11.6. The summed E-state index contributed by atoms with van der Waals surface area (Å²) in [7, 11) is 1.59. The molecule has 2 aromatic carbocycles. The summed E-state index contributed by atoms with van der Waals surface area (Å²) < 4.78 is 5.11. The molecule has 0 aliphatic carbocycles. The standard InChI is InChI=1S/C17H18ClNO3/c1-11(20)17(21)16(14-5-3-4-6-15(14)18)19-12-7-9-13(22-2)10-8-12/h3-10,16-17,19,21H,1-2H3/t16-,17-/m1/s1. The van der Waals surface area contributed by atoms with Crippen LogP contribution >= 0.6 is 11.6 Å². The molecule has 0 unspecified atom stereocenters. The zero-order valence-corrected chi connectivity index (χ0v) is 13.2. The van der Waals surface area contributed by atoms with Gasteiger partial charge in [-0.2, -0.15) is 0 Å². The molecule has 0 radical (unpaired) electrons. The lowest BCUT2D eigenvalue weighted by atomic mass is 9.98. The Balaban J connectivity index is 2.32. The van der Waals surface area contributed by atoms with Gasteiger partial charge < -0.3 is 15.2 Å². The fourth-order valence-corrected chi connectivity index (χ4v) is 2.41. The highest BCUT2D eigenvalue weighted by atomic mass is 35.5. The van der Waals surface area contributed by atoms with Crippen LogP contribution in [0.15, 0.2) is 48.5 Å². The van der Waals surface area contributed by atoms with Crippen LogP contribution in [0.2, 0.25) is 5.02 Å². The number of benzene rings is 2. The Labute approximate surface area is 134 Å². The van der Waals surface area contributed by atoms with Crippen molar-refractivity contribution in [2.24, 2.45) is 0 Å². The molecule has 0 amide bonds. The number of halogens is 1. The minimum atomic E-state index is -1.19. The highest BCUT2D eigenvalue weighted by Gasteiger charge is 2.26. The van der Waals surface area contributed by atoms with E-state index in [4.69, 9.17) is 16.3 Å². The summed E-state index contributed by atoms with van der Waals surface area (Å²) in [6, 6.07) is 13.7. The summed E-state index contributed by atoms with van der Waals surface area (Å²) in [6.07, 6.45) is -1.19. The summed E-state index contributed by atoms with van der Waals surface area (Å²) in [4.78, 5) is 11.6. The van der Waals surface area contributed by atoms with Gasteiger partial charge in [0.15, 0.2) is 5.78 Å². The molecule has 4 nitrogen and oxygen atoms in total. The van der Waals surface area contributed by atoms with E-state index in [1.807, 2.05) is 18.2 Å². The third-order valence-corrected chi connectivity index (χ3v) is 3.73. The molecular formula is C17H18ClNO3. The van der Waals surface area contributed by atoms with Gasteiger partial charge in [0.1, 0.15) is 11.9 Å². The Morgan fingerprint density at radius 2 is 1.82 bits per heavy atom. The van der Waals surface area contributed by atoms with Gasteiger partial charge >= 0.3 is 0 Å². The summed E-state index contributed by atoms with van der Waals surface area (Å²) in [6.45, 7) is 1.35. The smallest absolute Gasteiger partial charge is 0.160 e. The van der Waals surface area contributed by atoms with E-state index in [2.05, 4.69) is 5.32 Å². The van der Waals surface area contributed by atoms with Gasteiger partial charge in [0.25, 0.3) is 0 Å². The number of aliphatic hydroxyl groups excluding tert-OH is 1. The van der Waals surface area contributed by atoms with Gasteiger partial charge in [-0.1, -0.05) is 29.8 Å². The van der Waals surface area contributed by atoms with Crippen molar-refractivity contribution in [1.29, 1.82) is 0 Å². The van der Waals surface area contributed by atoms with Gasteiger partial charge in [-0.3, -0.25) is 4.79 Å². The largest absolute Gasteiger partial charge is 0.497 e. The van der Waals surface area contributed by atoms with Crippen LogP contribution in [0.3, 0.4) is 0 Å². The van der Waals surface area contributed by atoms with Crippen LogP contribution in [0.25, 0.3) is 0 Å². The van der Waals surface area contributed by atoms with E-state index in [1.54, 1.807) is 37.4 Å². The Hall–Kier alpha value is -2.04. The average molecular weight is 320 g/mol. The van der Waals surface area contributed by atoms with Crippen molar-refractivity contribution in [3.8, 4) is 5.75 Å². The number of methoxy groups -OCH3 is 1. The van der Waals surface area contributed by atoms with Crippen molar-refractivity contribution < 1.29 is 14.6 Å². The molecule has 116 valence electrons. The number of aliphatic hydroxyl groups is 1. The number of hydrogen-bond donors (Lipinski definition) is 2. The second kappa shape index (κ2) is 7.29. The number of carbonyl (C=O) groups excluding carboxylic acids is 1. The quantitative estimate of drug-likeness (QED) is 0.856. The molecule has 2 N–H and O–H groups in total. The Morgan fingerprint density at radius 1 is 1.18 bits per heavy atom. The molecular weight excluding hydrogens is 302 g/mol. The van der Waals surface area contributed by atoms with Crippen LogP contribution in [0, 0.1) is 0 Å². The third kappa shape index (κ3) is 3.78. The van der Waals surface area contributed by atoms with Crippen molar-refractivity contribution in [3.05, 3.63) is 59.1 Å². The Kier molecular flexibility index (Phi) is 5.41. The van der Waals surface area contributed by atoms with Crippen LogP contribution in [-0.2, 0) is 4.79 Å². The number of ether oxygens (including phenoxy) is 1. The number of anilines is 1. The first kappa shape index (κ1) is 16.3. The topological polar surface area (TPSA) is 58.6 Å². The molecule has 2 atom stereocenters. The van der Waals surface area contributed by atoms with Crippen molar-refractivity contribution in [2.45, 2.75) is 19.1 Å². The lowest BCUT2D eigenvalue weighted by Gasteiger charge is -2.25. The molecule has 0 fully saturated rings. The predicted octanol–water partition coefficient (Wildman–Crippen LogP) is 3.45. The number of rotatable bonds is 6. The molecule has 0 spiro atoms. The molecule has 0 bridgehead atoms. The fourth-order valence-electron chi connectivity index (χ4n) is 2.16. The van der Waals surface area contributed by atoms with Gasteiger partial charge in [0, 0.05) is 10.7 Å². The van der Waals surface area contributed by atoms with Crippen LogP contribution in [0.1, 0.15) is 18.5 Å². The molecule has 0 aliphatic heterocycles. The van der Waals surface area contributed by atoms with E-state index in [0.29, 0.717) is 10.6 Å². The summed E-state index contributed by atoms with van der Waals surface area (Å²) in [5, 5.41) is 13.9. The van der Waals surface area contributed by atoms with Crippen LogP contribution < -0.4 is 10.1 Å². The van der Waals surface area contributed by atoms with E-state index in [-0.39, 0.29) is 5.78 Å². The van der Waals surface area contributed by atoms with E-state index >= 15 is 0 Å². The SMILES string of the molecule is COc1ccc(N[C@H](c2ccccc2Cl)[C@H](O)C(C)=O)cc1. The highest BCUT2D eigenvalue weighted by molar-refractivity contribution is 6.31. The van der Waals surface area contributed by atoms with Gasteiger partial charge in [-0.25, -0.2) is 0 Å². The van der Waals surface area contributed by atoms with E-state index < -0.39 is 12.1 Å². The zero-order valence-electron chi connectivity index (χ0n) is 12.4. The lowest BCUT2D eigenvalue weighted by molar-refractivity contribution is -0.125. The minimum absolute atomic E-state index is 0.328. The monoisotopic (exact) mass is 319 g/mol. The predicted molar refractivity (Wildman–Crippen MR) is 87.5 cm³/mol. The van der Waals surface area contributed by atoms with Crippen molar-refractivity contribution in [3.63, 3.8) is 0 Å². The number of hydrogen-bond acceptors (Lipinski definition) is 4. The van der Waals surface area contributed by atoms with Gasteiger partial charge in [-0.15, -0.1) is 0 Å². The summed E-state index contributed by atoms with van der Waals surface area (Å²) in [5.74, 6) is 0.401. The molecule has 2 rings (SSSR count). The van der Waals surface area contributed by atoms with E-state index in [0.717, 1.165) is 11.4 Å². The first-order chi connectivity index (χ1) is 10.5. The summed E-state index contributed by atoms with van der Waals surface area (Å²) >= 11 is 6.20. The molecule has 22 heavy (non-hydrogen) atoms. The molecule has 0 saturated carbocycles. The fraction of sp³-hybridized carbons (Fsp3) is 0.235. The molecule has 0 heterocycles. The highest BCUT2D eigenvalue weighted by Crippen LogP contribution is 2.29. The van der Waals surface area contributed by atoms with Crippen molar-refractivity contribution >= 4 is 23.1 Å². The van der Waals surface area contributed by atoms with Gasteiger partial charge in [0.05, 0.1) is 13.2 Å². The number of carbonyl (C=O) groups is 1. The van der Waals surface area contributed by atoms with Crippen LogP contribution in [0.4, 0.5) is 5.69 Å². The third-order valence-electron chi connectivity index (χ3n) is 3.38. The molecule has 0 saturated heterocycles. The molecule has 2 aromatic rings. The Bertz CT molecular complexity index is 643. The molecule has 5 heteroatoms. The maximum Gasteiger partial charge on any atom is 0.160 e. The van der Waals surface area contributed by atoms with E-state index in [1.165, 1.54) is 6.92 Å². The lowest BCUT2D eigenvalue weighted by Crippen LogP contribution is -2.31. The summed E-state index contributed by atoms with van der Waals surface area (Å²) in [5.41, 5.74) is 1.42. The second-order valence-corrected chi connectivity index (χ2v) is 5.33. The number of ketones is 1. The van der Waals surface area contributed by atoms with Crippen molar-refractivity contribution in [2.75, 3.05) is 12.4 Å². The first-order valence-electron chi connectivity index (χ1n) is 6.86. The zero-order chi connectivity index (χ0) is 16.1.